The van der Waals surface area contributed by atoms with Crippen LogP contribution in [0.3, 0.4) is 0 Å². The number of hydrogen-bond acceptors (Lipinski definition) is 4. The summed E-state index contributed by atoms with van der Waals surface area (Å²) in [5, 5.41) is 7.64. The maximum absolute atomic E-state index is 12.7. The number of fused-ring (bicyclic) bond motifs is 3. The fourth-order valence-electron chi connectivity index (χ4n) is 3.76. The van der Waals surface area contributed by atoms with E-state index in [-0.39, 0.29) is 12.1 Å². The van der Waals surface area contributed by atoms with Crippen molar-refractivity contribution in [3.8, 4) is 0 Å². The van der Waals surface area contributed by atoms with Gasteiger partial charge in [-0.25, -0.2) is 0 Å². The van der Waals surface area contributed by atoms with Gasteiger partial charge in [-0.1, -0.05) is 20.8 Å². The molecule has 0 spiro atoms. The van der Waals surface area contributed by atoms with E-state index in [4.69, 9.17) is 0 Å². The quantitative estimate of drug-likeness (QED) is 0.819. The molecule has 3 heterocycles. The highest BCUT2D eigenvalue weighted by molar-refractivity contribution is 7.16. The zero-order valence-corrected chi connectivity index (χ0v) is 15.2. The molecular formula is C19H23N3OS. The fraction of sp³-hybridized carbons (Fsp3) is 0.474. The second-order valence-electron chi connectivity index (χ2n) is 7.85. The normalized spacial score (nSPS) is 23.0. The van der Waals surface area contributed by atoms with E-state index < -0.39 is 0 Å². The van der Waals surface area contributed by atoms with Crippen molar-refractivity contribution < 1.29 is 4.79 Å². The maximum Gasteiger partial charge on any atom is 0.256 e. The van der Waals surface area contributed by atoms with Crippen LogP contribution in [0.25, 0.3) is 0 Å². The van der Waals surface area contributed by atoms with Gasteiger partial charge in [-0.3, -0.25) is 9.78 Å². The smallest absolute Gasteiger partial charge is 0.256 e. The molecule has 4 nitrogen and oxygen atoms in total. The lowest BCUT2D eigenvalue weighted by Crippen LogP contribution is -2.38. The molecule has 0 fully saturated rings. The van der Waals surface area contributed by atoms with Crippen LogP contribution in [0.5, 0.6) is 0 Å². The van der Waals surface area contributed by atoms with E-state index in [2.05, 4.69) is 36.4 Å². The van der Waals surface area contributed by atoms with E-state index >= 15 is 0 Å². The molecule has 1 aliphatic carbocycles. The Morgan fingerprint density at radius 3 is 2.67 bits per heavy atom. The van der Waals surface area contributed by atoms with Gasteiger partial charge in [-0.15, -0.1) is 11.3 Å². The number of hydrogen-bond donors (Lipinski definition) is 2. The number of nitrogens with one attached hydrogen (secondary N) is 2. The number of thiophene rings is 1. The number of carbonyl (C=O) groups is 1. The minimum atomic E-state index is -0.175. The summed E-state index contributed by atoms with van der Waals surface area (Å²) in [5.74, 6) is 0.737. The highest BCUT2D eigenvalue weighted by Crippen LogP contribution is 2.45. The van der Waals surface area contributed by atoms with Crippen molar-refractivity contribution in [2.24, 2.45) is 11.3 Å². The molecule has 2 aromatic heterocycles. The molecule has 4 rings (SSSR count). The van der Waals surface area contributed by atoms with Crippen LogP contribution in [0, 0.1) is 11.3 Å². The van der Waals surface area contributed by atoms with Gasteiger partial charge in [0.25, 0.3) is 5.91 Å². The fourth-order valence-corrected chi connectivity index (χ4v) is 5.11. The van der Waals surface area contributed by atoms with E-state index in [1.165, 1.54) is 16.9 Å². The molecule has 2 aromatic rings. The highest BCUT2D eigenvalue weighted by Gasteiger charge is 2.36. The summed E-state index contributed by atoms with van der Waals surface area (Å²) >= 11 is 1.77. The van der Waals surface area contributed by atoms with Crippen LogP contribution >= 0.6 is 11.3 Å². The van der Waals surface area contributed by atoms with E-state index in [9.17, 15) is 4.79 Å². The second kappa shape index (κ2) is 5.59. The Balaban J connectivity index is 1.66. The summed E-state index contributed by atoms with van der Waals surface area (Å²) in [4.78, 5) is 18.2. The third kappa shape index (κ3) is 2.61. The van der Waals surface area contributed by atoms with Crippen LogP contribution in [-0.2, 0) is 12.8 Å². The van der Waals surface area contributed by atoms with Gasteiger partial charge in [0.05, 0.1) is 5.56 Å². The summed E-state index contributed by atoms with van der Waals surface area (Å²) in [7, 11) is 0. The van der Waals surface area contributed by atoms with E-state index in [0.717, 1.165) is 29.0 Å². The van der Waals surface area contributed by atoms with E-state index in [1.807, 2.05) is 12.1 Å². The Morgan fingerprint density at radius 2 is 1.96 bits per heavy atom. The third-order valence-electron chi connectivity index (χ3n) is 5.31. The van der Waals surface area contributed by atoms with Crippen molar-refractivity contribution >= 4 is 22.2 Å². The molecule has 2 N–H and O–H groups in total. The largest absolute Gasteiger partial charge is 0.353 e. The molecule has 0 aromatic carbocycles. The lowest BCUT2D eigenvalue weighted by atomic mass is 9.72. The van der Waals surface area contributed by atoms with Crippen LogP contribution in [0.4, 0.5) is 5.00 Å². The molecule has 2 atom stereocenters. The molecule has 24 heavy (non-hydrogen) atoms. The molecule has 1 aliphatic heterocycles. The van der Waals surface area contributed by atoms with Gasteiger partial charge in [0.1, 0.15) is 11.2 Å². The van der Waals surface area contributed by atoms with E-state index in [0.29, 0.717) is 11.3 Å². The van der Waals surface area contributed by atoms with Gasteiger partial charge in [-0.2, -0.15) is 0 Å². The zero-order valence-electron chi connectivity index (χ0n) is 14.3. The van der Waals surface area contributed by atoms with Crippen LogP contribution in [0.15, 0.2) is 24.5 Å². The van der Waals surface area contributed by atoms with Crippen molar-refractivity contribution in [1.82, 2.24) is 10.3 Å². The first-order valence-electron chi connectivity index (χ1n) is 8.55. The number of amides is 1. The van der Waals surface area contributed by atoms with Crippen LogP contribution in [-0.4, -0.2) is 10.9 Å². The predicted molar refractivity (Wildman–Crippen MR) is 97.4 cm³/mol. The number of aromatic nitrogens is 1. The number of carbonyl (C=O) groups excluding carboxylic acids is 1. The average Bonchev–Trinajstić information content (AvgIpc) is 2.92. The van der Waals surface area contributed by atoms with E-state index in [1.54, 1.807) is 23.7 Å². The van der Waals surface area contributed by atoms with Crippen molar-refractivity contribution in [1.29, 1.82) is 0 Å². The summed E-state index contributed by atoms with van der Waals surface area (Å²) < 4.78 is 0. The van der Waals surface area contributed by atoms with Crippen molar-refractivity contribution in [2.45, 2.75) is 46.2 Å². The summed E-state index contributed by atoms with van der Waals surface area (Å²) in [6.45, 7) is 6.96. The van der Waals surface area contributed by atoms with Gasteiger partial charge in [-0.05, 0) is 53.9 Å². The molecular weight excluding hydrogens is 318 g/mol. The van der Waals surface area contributed by atoms with Gasteiger partial charge < -0.3 is 10.6 Å². The monoisotopic (exact) mass is 341 g/mol. The summed E-state index contributed by atoms with van der Waals surface area (Å²) in [6, 6.07) is 3.87. The minimum Gasteiger partial charge on any atom is -0.353 e. The Morgan fingerprint density at radius 1 is 1.21 bits per heavy atom. The molecule has 0 saturated carbocycles. The Hall–Kier alpha value is -1.88. The number of anilines is 1. The van der Waals surface area contributed by atoms with Gasteiger partial charge in [0, 0.05) is 17.3 Å². The Labute approximate surface area is 146 Å². The Kier molecular flexibility index (Phi) is 3.64. The van der Waals surface area contributed by atoms with Crippen molar-refractivity contribution in [3.63, 3.8) is 0 Å². The van der Waals surface area contributed by atoms with Crippen molar-refractivity contribution in [3.05, 3.63) is 46.1 Å². The second-order valence-corrected chi connectivity index (χ2v) is 8.95. The number of rotatable bonds is 1. The first-order valence-corrected chi connectivity index (χ1v) is 9.37. The lowest BCUT2D eigenvalue weighted by molar-refractivity contribution is 0.0935. The standard InChI is InChI=1S/C19H23N3OS/c1-19(2,3)12-4-5-13-14(10-12)24-18-15(13)17(23)21-16(22-18)11-6-8-20-9-7-11/h6-9,12,16,22H,4-5,10H2,1-3H3,(H,21,23)/t12-,16+/m1/s1. The summed E-state index contributed by atoms with van der Waals surface area (Å²) in [6.07, 6.45) is 6.61. The third-order valence-corrected chi connectivity index (χ3v) is 6.49. The number of pyridine rings is 1. The first-order chi connectivity index (χ1) is 11.4. The molecule has 5 heteroatoms. The molecule has 0 bridgehead atoms. The molecule has 2 aliphatic rings. The average molecular weight is 341 g/mol. The van der Waals surface area contributed by atoms with Gasteiger partial charge in [0.2, 0.25) is 0 Å². The van der Waals surface area contributed by atoms with Crippen LogP contribution < -0.4 is 10.6 Å². The number of nitrogens with zero attached hydrogens (tertiary/aromatic N) is 1. The molecule has 0 saturated heterocycles. The van der Waals surface area contributed by atoms with Gasteiger partial charge >= 0.3 is 0 Å². The topological polar surface area (TPSA) is 54.0 Å². The molecule has 1 amide bonds. The SMILES string of the molecule is CC(C)(C)[C@@H]1CCc2c(sc3c2C(=O)N[C@H](c2ccncc2)N3)C1. The van der Waals surface area contributed by atoms with Crippen LogP contribution in [0.2, 0.25) is 0 Å². The minimum absolute atomic E-state index is 0.0530. The highest BCUT2D eigenvalue weighted by atomic mass is 32.1. The Bertz CT molecular complexity index is 776. The maximum atomic E-state index is 12.7. The molecule has 0 unspecified atom stereocenters. The summed E-state index contributed by atoms with van der Waals surface area (Å²) in [5.41, 5.74) is 3.50. The zero-order chi connectivity index (χ0) is 16.9. The predicted octanol–water partition coefficient (Wildman–Crippen LogP) is 4.15. The molecule has 126 valence electrons. The molecule has 0 radical (unpaired) electrons. The van der Waals surface area contributed by atoms with Gasteiger partial charge in [0.15, 0.2) is 0 Å². The van der Waals surface area contributed by atoms with Crippen LogP contribution in [0.1, 0.15) is 59.7 Å². The van der Waals surface area contributed by atoms with Crippen molar-refractivity contribution in [2.75, 3.05) is 5.32 Å². The lowest BCUT2D eigenvalue weighted by Gasteiger charge is -2.34. The first kappa shape index (κ1) is 15.6.